The molecule has 0 atom stereocenters. The third-order valence-corrected chi connectivity index (χ3v) is 5.19. The third kappa shape index (κ3) is 2.91. The van der Waals surface area contributed by atoms with Gasteiger partial charge in [0.1, 0.15) is 7.05 Å². The number of rotatable bonds is 2. The van der Waals surface area contributed by atoms with Gasteiger partial charge in [0, 0.05) is 25.5 Å². The van der Waals surface area contributed by atoms with E-state index >= 15 is 0 Å². The summed E-state index contributed by atoms with van der Waals surface area (Å²) in [7, 11) is 2.10. The molecule has 0 aliphatic carbocycles. The summed E-state index contributed by atoms with van der Waals surface area (Å²) in [6, 6.07) is 13.1. The average Bonchev–Trinajstić information content (AvgIpc) is 2.58. The van der Waals surface area contributed by atoms with Gasteiger partial charge in [-0.05, 0) is 55.5 Å². The van der Waals surface area contributed by atoms with Crippen molar-refractivity contribution >= 4 is 10.8 Å². The van der Waals surface area contributed by atoms with Crippen LogP contribution in [0.25, 0.3) is 26.9 Å². The zero-order chi connectivity index (χ0) is 18.4. The average molecular weight is 329 g/mol. The number of nitrogens with zero attached hydrogens (tertiary/aromatic N) is 2. The number of pyridine rings is 1. The van der Waals surface area contributed by atoms with E-state index in [2.05, 4.69) is 79.8 Å². The Bertz CT molecular complexity index is 1020. The summed E-state index contributed by atoms with van der Waals surface area (Å²) in [5.41, 5.74) is 6.99. The van der Waals surface area contributed by atoms with Crippen molar-refractivity contribution in [2.45, 2.75) is 40.2 Å². The van der Waals surface area contributed by atoms with Crippen LogP contribution in [0.4, 0.5) is 0 Å². The van der Waals surface area contributed by atoms with Gasteiger partial charge >= 0.3 is 0 Å². The number of aromatic nitrogens is 1. The van der Waals surface area contributed by atoms with Gasteiger partial charge in [0.15, 0.2) is 6.20 Å². The molecule has 0 N–H and O–H groups in total. The lowest BCUT2D eigenvalue weighted by atomic mass is 9.90. The Morgan fingerprint density at radius 1 is 1.00 bits per heavy atom. The molecule has 2 aromatic carbocycles. The molecule has 0 unspecified atom stereocenters. The Kier molecular flexibility index (Phi) is 4.13. The van der Waals surface area contributed by atoms with E-state index in [-0.39, 0.29) is 0 Å². The van der Waals surface area contributed by atoms with Crippen LogP contribution in [0.1, 0.15) is 36.1 Å². The minimum atomic E-state index is -0.498. The second-order valence-electron chi connectivity index (χ2n) is 7.50. The molecule has 0 amide bonds. The van der Waals surface area contributed by atoms with Crippen LogP contribution in [-0.2, 0) is 12.6 Å². The minimum Gasteiger partial charge on any atom is -0.306 e. The molecule has 0 saturated heterocycles. The van der Waals surface area contributed by atoms with E-state index in [0.717, 1.165) is 5.56 Å². The van der Waals surface area contributed by atoms with Crippen LogP contribution < -0.4 is 4.57 Å². The van der Waals surface area contributed by atoms with E-state index in [1.54, 1.807) is 0 Å². The minimum absolute atomic E-state index is 0.498. The first-order chi connectivity index (χ1) is 11.7. The first-order valence-electron chi connectivity index (χ1n) is 8.64. The van der Waals surface area contributed by atoms with E-state index in [4.69, 9.17) is 6.57 Å². The van der Waals surface area contributed by atoms with Crippen molar-refractivity contribution in [3.8, 4) is 11.3 Å². The lowest BCUT2D eigenvalue weighted by Gasteiger charge is -2.14. The fourth-order valence-electron chi connectivity index (χ4n) is 3.44. The zero-order valence-electron chi connectivity index (χ0n) is 15.9. The van der Waals surface area contributed by atoms with E-state index < -0.39 is 5.54 Å². The molecule has 3 aromatic rings. The van der Waals surface area contributed by atoms with Crippen molar-refractivity contribution in [2.75, 3.05) is 0 Å². The van der Waals surface area contributed by atoms with Gasteiger partial charge < -0.3 is 4.85 Å². The lowest BCUT2D eigenvalue weighted by molar-refractivity contribution is -0.659. The molecular weight excluding hydrogens is 304 g/mol. The van der Waals surface area contributed by atoms with Crippen molar-refractivity contribution in [2.24, 2.45) is 7.05 Å². The number of hydrogen-bond acceptors (Lipinski definition) is 0. The Labute approximate surface area is 150 Å². The number of hydrogen-bond donors (Lipinski definition) is 0. The first-order valence-corrected chi connectivity index (χ1v) is 8.64. The fourth-order valence-corrected chi connectivity index (χ4v) is 3.44. The predicted octanol–water partition coefficient (Wildman–Crippen LogP) is 5.41. The molecule has 0 aliphatic rings. The summed E-state index contributed by atoms with van der Waals surface area (Å²) in [5, 5.41) is 2.41. The maximum absolute atomic E-state index is 7.46. The van der Waals surface area contributed by atoms with E-state index in [9.17, 15) is 0 Å². The maximum Gasteiger partial charge on any atom is 0.252 e. The fraction of sp³-hybridized carbons (Fsp3) is 0.304. The zero-order valence-corrected chi connectivity index (χ0v) is 15.9. The molecule has 3 rings (SSSR count). The van der Waals surface area contributed by atoms with Gasteiger partial charge in [-0.1, -0.05) is 17.7 Å². The predicted molar refractivity (Wildman–Crippen MR) is 104 cm³/mol. The lowest BCUT2D eigenvalue weighted by Crippen LogP contribution is -2.31. The molecule has 1 heterocycles. The van der Waals surface area contributed by atoms with Crippen LogP contribution in [0.2, 0.25) is 0 Å². The first kappa shape index (κ1) is 17.2. The molecule has 0 aliphatic heterocycles. The molecule has 0 fully saturated rings. The molecule has 25 heavy (non-hydrogen) atoms. The second-order valence-corrected chi connectivity index (χ2v) is 7.50. The van der Waals surface area contributed by atoms with Crippen molar-refractivity contribution in [1.82, 2.24) is 0 Å². The Morgan fingerprint density at radius 3 is 2.40 bits per heavy atom. The highest BCUT2D eigenvalue weighted by molar-refractivity contribution is 5.94. The maximum atomic E-state index is 7.46. The molecule has 1 aromatic heterocycles. The van der Waals surface area contributed by atoms with Gasteiger partial charge in [-0.25, -0.2) is 11.1 Å². The van der Waals surface area contributed by atoms with Crippen LogP contribution in [-0.4, -0.2) is 0 Å². The molecule has 0 saturated carbocycles. The monoisotopic (exact) mass is 329 g/mol. The van der Waals surface area contributed by atoms with E-state index in [1.165, 1.54) is 38.7 Å². The molecule has 0 radical (unpaired) electrons. The molecule has 2 nitrogen and oxygen atoms in total. The van der Waals surface area contributed by atoms with Gasteiger partial charge in [-0.3, -0.25) is 0 Å². The van der Waals surface area contributed by atoms with Gasteiger partial charge in [0.2, 0.25) is 5.69 Å². The van der Waals surface area contributed by atoms with Gasteiger partial charge in [-0.2, -0.15) is 0 Å². The van der Waals surface area contributed by atoms with Crippen LogP contribution in [0.3, 0.4) is 0 Å². The van der Waals surface area contributed by atoms with E-state index in [1.807, 2.05) is 13.8 Å². The highest BCUT2D eigenvalue weighted by atomic mass is 14.9. The van der Waals surface area contributed by atoms with Crippen molar-refractivity contribution < 1.29 is 4.57 Å². The largest absolute Gasteiger partial charge is 0.306 e. The molecular formula is C23H25N2+. The highest BCUT2D eigenvalue weighted by Gasteiger charge is 2.27. The third-order valence-electron chi connectivity index (χ3n) is 5.19. The Hall–Kier alpha value is -2.66. The quantitative estimate of drug-likeness (QED) is 0.439. The van der Waals surface area contributed by atoms with Crippen molar-refractivity contribution in [3.63, 3.8) is 0 Å². The second kappa shape index (κ2) is 6.01. The molecule has 0 bridgehead atoms. The topological polar surface area (TPSA) is 8.24 Å². The van der Waals surface area contributed by atoms with Gasteiger partial charge in [0.05, 0.1) is 10.9 Å². The molecule has 2 heteroatoms. The smallest absolute Gasteiger partial charge is 0.252 e. The van der Waals surface area contributed by atoms with Gasteiger partial charge in [-0.15, -0.1) is 0 Å². The number of benzene rings is 2. The summed E-state index contributed by atoms with van der Waals surface area (Å²) in [6.45, 7) is 17.9. The molecule has 126 valence electrons. The number of aryl methyl sites for hydroxylation is 3. The highest BCUT2D eigenvalue weighted by Crippen LogP contribution is 2.33. The van der Waals surface area contributed by atoms with Gasteiger partial charge in [0.25, 0.3) is 5.54 Å². The summed E-state index contributed by atoms with van der Waals surface area (Å²) in [6.07, 6.45) is 2.11. The summed E-state index contributed by atoms with van der Waals surface area (Å²) in [5.74, 6) is 0. The standard InChI is InChI=1S/C23H25N2/c1-15-12-16(2)17(3)21(13-15)22-20-9-8-19(23(4,5)24-6)14-18(20)10-11-25(22)7/h8-14H,1-5,7H3/q+1. The van der Waals surface area contributed by atoms with Crippen LogP contribution >= 0.6 is 0 Å². The number of fused-ring (bicyclic) bond motifs is 1. The van der Waals surface area contributed by atoms with Crippen molar-refractivity contribution in [1.29, 1.82) is 0 Å². The normalized spacial score (nSPS) is 11.6. The Balaban J connectivity index is 2.34. The Morgan fingerprint density at radius 2 is 1.72 bits per heavy atom. The SMILES string of the molecule is [C-]#[N+]C(C)(C)c1ccc2c(-c3cc(C)cc(C)c3C)[n+](C)ccc2c1. The summed E-state index contributed by atoms with van der Waals surface area (Å²) >= 11 is 0. The summed E-state index contributed by atoms with van der Waals surface area (Å²) in [4.78, 5) is 3.78. The summed E-state index contributed by atoms with van der Waals surface area (Å²) < 4.78 is 2.20. The van der Waals surface area contributed by atoms with Crippen molar-refractivity contribution in [3.05, 3.63) is 76.3 Å². The van der Waals surface area contributed by atoms with E-state index in [0.29, 0.717) is 0 Å². The van der Waals surface area contributed by atoms with Crippen LogP contribution in [0, 0.1) is 27.3 Å². The van der Waals surface area contributed by atoms with Crippen LogP contribution in [0.5, 0.6) is 0 Å². The van der Waals surface area contributed by atoms with Crippen LogP contribution in [0.15, 0.2) is 42.6 Å². The molecule has 0 spiro atoms.